The van der Waals surface area contributed by atoms with E-state index < -0.39 is 36.0 Å². The summed E-state index contributed by atoms with van der Waals surface area (Å²) >= 11 is 0. The number of hydrogen-bond acceptors (Lipinski definition) is 3. The molecule has 4 nitrogen and oxygen atoms in total. The molecule has 1 N–H and O–H groups in total. The van der Waals surface area contributed by atoms with Crippen LogP contribution >= 0.6 is 0 Å². The Balaban J connectivity index is 2.41. The Bertz CT molecular complexity index is 522. The lowest BCUT2D eigenvalue weighted by atomic mass is 9.98. The van der Waals surface area contributed by atoms with Crippen LogP contribution in [0.15, 0.2) is 18.2 Å². The molecule has 1 heterocycles. The largest absolute Gasteiger partial charge is 0.478 e. The first-order valence-corrected chi connectivity index (χ1v) is 4.93. The molecule has 18 heavy (non-hydrogen) atoms. The van der Waals surface area contributed by atoms with Gasteiger partial charge in [0.05, 0.1) is 17.5 Å². The fourth-order valence-corrected chi connectivity index (χ4v) is 1.64. The number of carbonyl (C=O) groups is 2. The lowest BCUT2D eigenvalue weighted by Gasteiger charge is -2.22. The summed E-state index contributed by atoms with van der Waals surface area (Å²) in [5.74, 6) is -2.13. The van der Waals surface area contributed by atoms with E-state index in [0.29, 0.717) is 6.07 Å². The van der Waals surface area contributed by atoms with Gasteiger partial charge in [-0.05, 0) is 18.2 Å². The smallest absolute Gasteiger partial charge is 0.416 e. The number of Topliss-reactive ketones (excluding diaryl/α,β-unsaturated/α-hetero) is 1. The molecule has 1 aliphatic rings. The third kappa shape index (κ3) is 2.15. The summed E-state index contributed by atoms with van der Waals surface area (Å²) in [6, 6.07) is 2.39. The topological polar surface area (TPSA) is 63.6 Å². The highest BCUT2D eigenvalue weighted by Crippen LogP contribution is 2.35. The number of hydrogen-bond donors (Lipinski definition) is 1. The lowest BCUT2D eigenvalue weighted by Crippen LogP contribution is -2.34. The number of carbonyl (C=O) groups excluding carboxylic acids is 1. The molecule has 0 bridgehead atoms. The van der Waals surface area contributed by atoms with E-state index in [9.17, 15) is 22.8 Å². The first kappa shape index (κ1) is 12.4. The Morgan fingerprint density at radius 2 is 2.06 bits per heavy atom. The molecule has 0 fully saturated rings. The quantitative estimate of drug-likeness (QED) is 0.840. The zero-order valence-electron chi connectivity index (χ0n) is 8.82. The number of ether oxygens (including phenoxy) is 1. The monoisotopic (exact) mass is 260 g/mol. The molecule has 0 aliphatic carbocycles. The standard InChI is InChI=1S/C11H7F3O4/c12-11(13,14)5-1-2-8-6(3-5)7(15)4-9(18-8)10(16)17/h1-3,9H,4H2,(H,16,17)/t9-/m1/s1. The normalized spacial score (nSPS) is 19.1. The molecule has 1 aromatic rings. The zero-order chi connectivity index (χ0) is 13.5. The van der Waals surface area contributed by atoms with Crippen molar-refractivity contribution in [2.24, 2.45) is 0 Å². The summed E-state index contributed by atoms with van der Waals surface area (Å²) in [6.07, 6.45) is -6.37. The summed E-state index contributed by atoms with van der Waals surface area (Å²) in [6.45, 7) is 0. The van der Waals surface area contributed by atoms with E-state index in [1.807, 2.05) is 0 Å². The van der Waals surface area contributed by atoms with Gasteiger partial charge in [-0.3, -0.25) is 4.79 Å². The van der Waals surface area contributed by atoms with Crippen LogP contribution in [0.4, 0.5) is 13.2 Å². The van der Waals surface area contributed by atoms with Gasteiger partial charge in [0.2, 0.25) is 6.10 Å². The van der Waals surface area contributed by atoms with Gasteiger partial charge in [-0.25, -0.2) is 4.79 Å². The molecule has 96 valence electrons. The summed E-state index contributed by atoms with van der Waals surface area (Å²) in [7, 11) is 0. The van der Waals surface area contributed by atoms with Crippen LogP contribution < -0.4 is 4.74 Å². The molecule has 0 unspecified atom stereocenters. The molecule has 0 saturated carbocycles. The second-order valence-electron chi connectivity index (χ2n) is 3.78. The van der Waals surface area contributed by atoms with E-state index in [1.165, 1.54) is 0 Å². The fourth-order valence-electron chi connectivity index (χ4n) is 1.64. The number of ketones is 1. The van der Waals surface area contributed by atoms with Crippen LogP contribution in [0.5, 0.6) is 5.75 Å². The maximum absolute atomic E-state index is 12.4. The maximum atomic E-state index is 12.4. The second-order valence-corrected chi connectivity index (χ2v) is 3.78. The van der Waals surface area contributed by atoms with Crippen molar-refractivity contribution < 1.29 is 32.6 Å². The Labute approximate surface area is 99.0 Å². The molecular formula is C11H7F3O4. The van der Waals surface area contributed by atoms with Crippen molar-refractivity contribution >= 4 is 11.8 Å². The zero-order valence-corrected chi connectivity index (χ0v) is 8.82. The number of halogens is 3. The van der Waals surface area contributed by atoms with Crippen molar-refractivity contribution in [2.75, 3.05) is 0 Å². The summed E-state index contributed by atoms with van der Waals surface area (Å²) in [4.78, 5) is 22.2. The van der Waals surface area contributed by atoms with Crippen LogP contribution in [-0.2, 0) is 11.0 Å². The molecule has 2 rings (SSSR count). The van der Waals surface area contributed by atoms with Crippen molar-refractivity contribution in [1.29, 1.82) is 0 Å². The number of alkyl halides is 3. The SMILES string of the molecule is O=C1C[C@H](C(=O)O)Oc2ccc(C(F)(F)F)cc21. The Morgan fingerprint density at radius 1 is 1.39 bits per heavy atom. The number of benzene rings is 1. The van der Waals surface area contributed by atoms with Crippen LogP contribution in [0.1, 0.15) is 22.3 Å². The predicted octanol–water partition coefficient (Wildman–Crippen LogP) is 2.12. The molecule has 0 spiro atoms. The average Bonchev–Trinajstić information content (AvgIpc) is 2.27. The number of aliphatic carboxylic acids is 1. The van der Waals surface area contributed by atoms with Crippen molar-refractivity contribution in [2.45, 2.75) is 18.7 Å². The van der Waals surface area contributed by atoms with Crippen molar-refractivity contribution in [1.82, 2.24) is 0 Å². The number of carboxylic acid groups (broad SMARTS) is 1. The van der Waals surface area contributed by atoms with E-state index in [-0.39, 0.29) is 11.3 Å². The van der Waals surface area contributed by atoms with Crippen LogP contribution in [-0.4, -0.2) is 23.0 Å². The third-order valence-electron chi connectivity index (χ3n) is 2.52. The number of fused-ring (bicyclic) bond motifs is 1. The van der Waals surface area contributed by atoms with Gasteiger partial charge in [0.25, 0.3) is 0 Å². The van der Waals surface area contributed by atoms with Gasteiger partial charge in [0.15, 0.2) is 5.78 Å². The highest BCUT2D eigenvalue weighted by molar-refractivity contribution is 6.02. The van der Waals surface area contributed by atoms with Crippen molar-refractivity contribution in [3.05, 3.63) is 29.3 Å². The Hall–Kier alpha value is -2.05. The summed E-state index contributed by atoms with van der Waals surface area (Å²) in [5, 5.41) is 8.71. The molecule has 1 atom stereocenters. The second kappa shape index (κ2) is 4.01. The van der Waals surface area contributed by atoms with Crippen LogP contribution in [0.25, 0.3) is 0 Å². The van der Waals surface area contributed by atoms with Crippen molar-refractivity contribution in [3.8, 4) is 5.75 Å². The van der Waals surface area contributed by atoms with E-state index >= 15 is 0 Å². The molecule has 0 aromatic heterocycles. The molecule has 0 radical (unpaired) electrons. The molecular weight excluding hydrogens is 253 g/mol. The maximum Gasteiger partial charge on any atom is 0.416 e. The molecule has 1 aliphatic heterocycles. The Kier molecular flexibility index (Phi) is 2.76. The fraction of sp³-hybridized carbons (Fsp3) is 0.273. The van der Waals surface area contributed by atoms with Gasteiger partial charge in [0.1, 0.15) is 5.75 Å². The van der Waals surface area contributed by atoms with Gasteiger partial charge < -0.3 is 9.84 Å². The van der Waals surface area contributed by atoms with Gasteiger partial charge in [-0.1, -0.05) is 0 Å². The van der Waals surface area contributed by atoms with Gasteiger partial charge in [0, 0.05) is 0 Å². The first-order valence-electron chi connectivity index (χ1n) is 4.93. The van der Waals surface area contributed by atoms with E-state index in [2.05, 4.69) is 0 Å². The van der Waals surface area contributed by atoms with Crippen LogP contribution in [0.3, 0.4) is 0 Å². The average molecular weight is 260 g/mol. The van der Waals surface area contributed by atoms with Crippen LogP contribution in [0.2, 0.25) is 0 Å². The minimum absolute atomic E-state index is 0.133. The van der Waals surface area contributed by atoms with Gasteiger partial charge in [-0.2, -0.15) is 13.2 Å². The highest BCUT2D eigenvalue weighted by atomic mass is 19.4. The lowest BCUT2D eigenvalue weighted by molar-refractivity contribution is -0.145. The molecule has 7 heteroatoms. The summed E-state index contributed by atoms with van der Waals surface area (Å²) < 4.78 is 42.3. The molecule has 0 saturated heterocycles. The minimum Gasteiger partial charge on any atom is -0.478 e. The first-order chi connectivity index (χ1) is 8.29. The van der Waals surface area contributed by atoms with E-state index in [4.69, 9.17) is 9.84 Å². The Morgan fingerprint density at radius 3 is 2.61 bits per heavy atom. The predicted molar refractivity (Wildman–Crippen MR) is 52.4 cm³/mol. The van der Waals surface area contributed by atoms with Gasteiger partial charge in [-0.15, -0.1) is 0 Å². The number of carboxylic acids is 1. The summed E-state index contributed by atoms with van der Waals surface area (Å²) in [5.41, 5.74) is -1.20. The van der Waals surface area contributed by atoms with E-state index in [0.717, 1.165) is 12.1 Å². The van der Waals surface area contributed by atoms with Gasteiger partial charge >= 0.3 is 12.1 Å². The number of rotatable bonds is 1. The highest BCUT2D eigenvalue weighted by Gasteiger charge is 2.35. The van der Waals surface area contributed by atoms with Crippen molar-refractivity contribution in [3.63, 3.8) is 0 Å². The molecule has 0 amide bonds. The van der Waals surface area contributed by atoms with Crippen LogP contribution in [0, 0.1) is 0 Å². The third-order valence-corrected chi connectivity index (χ3v) is 2.52. The minimum atomic E-state index is -4.56. The van der Waals surface area contributed by atoms with E-state index in [1.54, 1.807) is 0 Å². The molecule has 1 aromatic carbocycles.